The zero-order chi connectivity index (χ0) is 51.2. The molecular formula is C48H55N7O13S2. The molecule has 0 bridgehead atoms. The zero-order valence-corrected chi connectivity index (χ0v) is 41.9. The lowest BCUT2D eigenvalue weighted by molar-refractivity contribution is -0.179. The Balaban J connectivity index is 1.17. The van der Waals surface area contributed by atoms with Crippen molar-refractivity contribution in [3.05, 3.63) is 111 Å². The Morgan fingerprint density at radius 1 is 0.843 bits per heavy atom. The Morgan fingerprint density at radius 2 is 1.44 bits per heavy atom. The van der Waals surface area contributed by atoms with Crippen LogP contribution in [0.4, 0.5) is 0 Å². The third kappa shape index (κ3) is 13.4. The highest BCUT2D eigenvalue weighted by atomic mass is 32.2. The van der Waals surface area contributed by atoms with Crippen LogP contribution in [0.2, 0.25) is 0 Å². The summed E-state index contributed by atoms with van der Waals surface area (Å²) < 4.78 is 51.8. The summed E-state index contributed by atoms with van der Waals surface area (Å²) in [6.45, 7) is 14.4. The van der Waals surface area contributed by atoms with Gasteiger partial charge in [0.05, 0.1) is 18.5 Å². The van der Waals surface area contributed by atoms with Crippen LogP contribution in [0.5, 0.6) is 11.5 Å². The molecule has 0 unspecified atom stereocenters. The van der Waals surface area contributed by atoms with E-state index in [-0.39, 0.29) is 76.2 Å². The van der Waals surface area contributed by atoms with Gasteiger partial charge in [0.25, 0.3) is 10.0 Å². The number of likely N-dealkylation sites (tertiary alicyclic amines) is 1. The highest BCUT2D eigenvalue weighted by Gasteiger charge is 2.44. The van der Waals surface area contributed by atoms with Crippen LogP contribution < -0.4 is 15.2 Å². The van der Waals surface area contributed by atoms with Crippen LogP contribution >= 0.6 is 11.3 Å². The quantitative estimate of drug-likeness (QED) is 0.0416. The number of imide groups is 1. The van der Waals surface area contributed by atoms with E-state index in [0.29, 0.717) is 4.90 Å². The van der Waals surface area contributed by atoms with Crippen LogP contribution in [0.25, 0.3) is 11.5 Å². The fourth-order valence-corrected chi connectivity index (χ4v) is 8.49. The number of thiazole rings is 1. The van der Waals surface area contributed by atoms with Gasteiger partial charge in [-0.2, -0.15) is 0 Å². The number of benzene rings is 2. The van der Waals surface area contributed by atoms with Gasteiger partial charge in [-0.3, -0.25) is 28.6 Å². The molecule has 1 fully saturated rings. The Bertz CT molecular complexity index is 2950. The molecule has 1 atom stereocenters. The maximum atomic E-state index is 13.9. The number of aromatic nitrogens is 5. The number of pyridine rings is 1. The molecule has 4 heterocycles. The maximum absolute atomic E-state index is 13.9. The molecule has 2 amide bonds. The third-order valence-electron chi connectivity index (χ3n) is 10.0. The largest absolute Gasteiger partial charge is 0.485 e. The number of ketones is 1. The fourth-order valence-electron chi connectivity index (χ4n) is 6.60. The van der Waals surface area contributed by atoms with Crippen LogP contribution in [-0.4, -0.2) is 101 Å². The lowest BCUT2D eigenvalue weighted by Crippen LogP contribution is -2.57. The number of ether oxygens (including phenoxy) is 4. The van der Waals surface area contributed by atoms with Gasteiger partial charge in [-0.15, -0.1) is 20.5 Å². The summed E-state index contributed by atoms with van der Waals surface area (Å²) in [7, 11) is -4.84. The number of carbonyl (C=O) groups excluding carboxylic acids is 5. The van der Waals surface area contributed by atoms with Crippen molar-refractivity contribution in [2.24, 2.45) is 11.1 Å². The van der Waals surface area contributed by atoms with Crippen molar-refractivity contribution >= 4 is 56.6 Å². The van der Waals surface area contributed by atoms with Crippen molar-refractivity contribution in [1.82, 2.24) is 28.6 Å². The molecule has 1 aliphatic heterocycles. The van der Waals surface area contributed by atoms with Gasteiger partial charge in [0.1, 0.15) is 40.8 Å². The first-order chi connectivity index (χ1) is 32.8. The number of Topliss-reactive ketones (excluding diaryl/α,β-unsaturated/α-hetero) is 1. The van der Waals surface area contributed by atoms with Crippen LogP contribution in [0.1, 0.15) is 90.6 Å². The minimum Gasteiger partial charge on any atom is -0.485 e. The van der Waals surface area contributed by atoms with Gasteiger partial charge in [-0.25, -0.2) is 28.0 Å². The summed E-state index contributed by atoms with van der Waals surface area (Å²) >= 11 is 1.04. The standard InChI is InChI=1S/C48H55N7O13S2/c1-10-53-42(33-22-36(64-26-30-17-13-11-14-18-30)37(24-49-33)65-27-31-19-15-12-16-20-31)51-55(45(53)61)70(62,63)29-39(57)54-25-32(43(54)59)21-35(56)41(52-68-48(8,9)44(60)67-47(5,6)7)34-28-69-38(50-34)23-40(58)66-46(2,3)4/h11-20,22,24,28,32H,10,21,23,25-27,29H2,1-9H3/b52-41-/t32-/m0/s1. The summed E-state index contributed by atoms with van der Waals surface area (Å²) in [6, 6.07) is 20.2. The molecule has 6 rings (SSSR count). The zero-order valence-electron chi connectivity index (χ0n) is 40.3. The van der Waals surface area contributed by atoms with Gasteiger partial charge in [-0.05, 0) is 73.4 Å². The number of nitrogens with zero attached hydrogens (tertiary/aromatic N) is 7. The lowest BCUT2D eigenvalue weighted by Gasteiger charge is -2.36. The Hall–Kier alpha value is -7.07. The lowest BCUT2D eigenvalue weighted by atomic mass is 9.91. The summed E-state index contributed by atoms with van der Waals surface area (Å²) in [5, 5.41) is 9.84. The van der Waals surface area contributed by atoms with Crippen molar-refractivity contribution in [3.63, 3.8) is 0 Å². The summed E-state index contributed by atoms with van der Waals surface area (Å²) in [6.07, 6.45) is 0.637. The minimum absolute atomic E-state index is 0.0193. The van der Waals surface area contributed by atoms with E-state index in [1.54, 1.807) is 48.5 Å². The first kappa shape index (κ1) is 52.3. The number of rotatable bonds is 20. The van der Waals surface area contributed by atoms with E-state index in [1.807, 2.05) is 60.7 Å². The first-order valence-corrected chi connectivity index (χ1v) is 24.6. The first-order valence-electron chi connectivity index (χ1n) is 22.1. The summed E-state index contributed by atoms with van der Waals surface area (Å²) in [4.78, 5) is 94.9. The highest BCUT2D eigenvalue weighted by molar-refractivity contribution is 7.90. The molecule has 0 radical (unpaired) electrons. The van der Waals surface area contributed by atoms with E-state index < -0.39 is 80.1 Å². The number of carbonyl (C=O) groups is 5. The Kier molecular flexibility index (Phi) is 15.9. The molecule has 1 saturated heterocycles. The number of amides is 2. The molecule has 0 N–H and O–H groups in total. The number of hydrogen-bond acceptors (Lipinski definition) is 18. The molecule has 0 aliphatic carbocycles. The van der Waals surface area contributed by atoms with E-state index in [0.717, 1.165) is 27.0 Å². The summed E-state index contributed by atoms with van der Waals surface area (Å²) in [5.74, 6) is -6.19. The van der Waals surface area contributed by atoms with Crippen LogP contribution in [0.3, 0.4) is 0 Å². The van der Waals surface area contributed by atoms with E-state index in [1.165, 1.54) is 31.5 Å². The van der Waals surface area contributed by atoms with Crippen LogP contribution in [0.15, 0.2) is 88.3 Å². The third-order valence-corrected chi connectivity index (χ3v) is 12.3. The average Bonchev–Trinajstić information content (AvgIpc) is 3.89. The molecule has 5 aromatic rings. The average molecular weight is 1000 g/mol. The van der Waals surface area contributed by atoms with Crippen LogP contribution in [-0.2, 0) is 74.5 Å². The van der Waals surface area contributed by atoms with Crippen LogP contribution in [0, 0.1) is 5.92 Å². The van der Waals surface area contributed by atoms with E-state index in [2.05, 4.69) is 20.2 Å². The van der Waals surface area contributed by atoms with Gasteiger partial charge in [0.2, 0.25) is 17.4 Å². The van der Waals surface area contributed by atoms with E-state index in [9.17, 15) is 37.2 Å². The Labute approximate surface area is 408 Å². The second kappa shape index (κ2) is 21.3. The van der Waals surface area contributed by atoms with E-state index >= 15 is 0 Å². The second-order valence-corrected chi connectivity index (χ2v) is 21.4. The minimum atomic E-state index is -4.84. The van der Waals surface area contributed by atoms with Crippen molar-refractivity contribution in [3.8, 4) is 23.0 Å². The van der Waals surface area contributed by atoms with E-state index in [4.69, 9.17) is 23.8 Å². The molecule has 0 spiro atoms. The smallest absolute Gasteiger partial charge is 0.360 e. The van der Waals surface area contributed by atoms with Crippen molar-refractivity contribution in [2.45, 2.75) is 112 Å². The number of oxime groups is 1. The second-order valence-electron chi connectivity index (χ2n) is 18.6. The van der Waals surface area contributed by atoms with Crippen molar-refractivity contribution < 1.29 is 56.2 Å². The molecule has 372 valence electrons. The molecule has 22 heteroatoms. The summed E-state index contributed by atoms with van der Waals surface area (Å²) in [5.41, 5.74) is -3.01. The van der Waals surface area contributed by atoms with Gasteiger partial charge in [0, 0.05) is 31.0 Å². The highest BCUT2D eigenvalue weighted by Crippen LogP contribution is 2.32. The van der Waals surface area contributed by atoms with Gasteiger partial charge in [0.15, 0.2) is 34.6 Å². The van der Waals surface area contributed by atoms with Crippen molar-refractivity contribution in [1.29, 1.82) is 0 Å². The number of hydrogen-bond donors (Lipinski definition) is 0. The molecule has 0 saturated carbocycles. The normalized spacial score (nSPS) is 14.4. The molecule has 3 aromatic heterocycles. The SMILES string of the molecule is CCn1c(-c2cc(OCc3ccccc3)c(OCc3ccccc3)cn2)nn(S(=O)(=O)CC(=O)N2C[C@H](CC(=O)/C(=N\OC(C)(C)C(=O)OC(C)(C)C)c3csc(CC(=O)OC(C)(C)C)n3)C2=O)c1=O. The molecular weight excluding hydrogens is 947 g/mol. The predicted molar refractivity (Wildman–Crippen MR) is 255 cm³/mol. The van der Waals surface area contributed by atoms with Crippen molar-refractivity contribution in [2.75, 3.05) is 12.3 Å². The van der Waals surface area contributed by atoms with Gasteiger partial charge in [-0.1, -0.05) is 65.8 Å². The number of esters is 2. The molecule has 20 nitrogen and oxygen atoms in total. The Morgan fingerprint density at radius 3 is 2.01 bits per heavy atom. The molecule has 1 aliphatic rings. The molecule has 2 aromatic carbocycles. The maximum Gasteiger partial charge on any atom is 0.360 e. The van der Waals surface area contributed by atoms with Gasteiger partial charge < -0.3 is 23.8 Å². The molecule has 70 heavy (non-hydrogen) atoms. The topological polar surface area (TPSA) is 247 Å². The fraction of sp³-hybridized carbons (Fsp3) is 0.417. The predicted octanol–water partition coefficient (Wildman–Crippen LogP) is 5.29. The number of β-lactam (4-membered cyclic amide) rings is 1. The van der Waals surface area contributed by atoms with Gasteiger partial charge >= 0.3 is 17.6 Å². The monoisotopic (exact) mass is 1000 g/mol.